The molecule has 1 heterocycles. The SMILES string of the molecule is CCCCCCOCc1cc2ccccc2nc1NC. The number of nitrogens with zero attached hydrogens (tertiary/aromatic N) is 1. The Hall–Kier alpha value is -1.61. The zero-order chi connectivity index (χ0) is 14.2. The molecule has 0 aliphatic heterocycles. The molecule has 1 aromatic heterocycles. The van der Waals surface area contributed by atoms with Crippen LogP contribution in [0.1, 0.15) is 38.2 Å². The molecule has 0 aliphatic rings. The van der Waals surface area contributed by atoms with Crippen molar-refractivity contribution in [1.82, 2.24) is 4.98 Å². The van der Waals surface area contributed by atoms with Gasteiger partial charge in [-0.15, -0.1) is 0 Å². The molecule has 0 fully saturated rings. The van der Waals surface area contributed by atoms with E-state index < -0.39 is 0 Å². The van der Waals surface area contributed by atoms with Crippen LogP contribution in [0, 0.1) is 0 Å². The maximum atomic E-state index is 5.78. The van der Waals surface area contributed by atoms with Crippen LogP contribution in [0.25, 0.3) is 10.9 Å². The minimum absolute atomic E-state index is 0.625. The van der Waals surface area contributed by atoms with E-state index in [1.54, 1.807) is 0 Å². The van der Waals surface area contributed by atoms with Crippen molar-refractivity contribution in [3.05, 3.63) is 35.9 Å². The van der Waals surface area contributed by atoms with Crippen LogP contribution in [0.15, 0.2) is 30.3 Å². The summed E-state index contributed by atoms with van der Waals surface area (Å²) in [5, 5.41) is 4.32. The van der Waals surface area contributed by atoms with Gasteiger partial charge in [-0.2, -0.15) is 0 Å². The van der Waals surface area contributed by atoms with Gasteiger partial charge in [-0.3, -0.25) is 0 Å². The molecule has 0 spiro atoms. The van der Waals surface area contributed by atoms with E-state index >= 15 is 0 Å². The molecule has 0 bridgehead atoms. The molecule has 3 nitrogen and oxygen atoms in total. The Bertz CT molecular complexity index is 540. The molecule has 108 valence electrons. The van der Waals surface area contributed by atoms with Crippen molar-refractivity contribution in [3.63, 3.8) is 0 Å². The molecule has 3 heteroatoms. The molecule has 0 amide bonds. The number of nitrogens with one attached hydrogen (secondary N) is 1. The lowest BCUT2D eigenvalue weighted by Gasteiger charge is -2.10. The first kappa shape index (κ1) is 14.8. The summed E-state index contributed by atoms with van der Waals surface area (Å²) in [7, 11) is 1.90. The first-order valence-electron chi connectivity index (χ1n) is 7.49. The third-order valence-electron chi connectivity index (χ3n) is 3.44. The number of para-hydroxylation sites is 1. The van der Waals surface area contributed by atoms with Crippen molar-refractivity contribution < 1.29 is 4.74 Å². The molecule has 0 saturated heterocycles. The monoisotopic (exact) mass is 272 g/mol. The number of hydrogen-bond acceptors (Lipinski definition) is 3. The molecule has 0 saturated carbocycles. The second kappa shape index (κ2) is 7.85. The van der Waals surface area contributed by atoms with Gasteiger partial charge >= 0.3 is 0 Å². The van der Waals surface area contributed by atoms with Crippen LogP contribution in [0.3, 0.4) is 0 Å². The van der Waals surface area contributed by atoms with Gasteiger partial charge in [-0.25, -0.2) is 4.98 Å². The average Bonchev–Trinajstić information content (AvgIpc) is 2.50. The quantitative estimate of drug-likeness (QED) is 0.724. The summed E-state index contributed by atoms with van der Waals surface area (Å²) < 4.78 is 5.78. The summed E-state index contributed by atoms with van der Waals surface area (Å²) in [4.78, 5) is 4.63. The van der Waals surface area contributed by atoms with E-state index in [0.29, 0.717) is 6.61 Å². The number of unbranched alkanes of at least 4 members (excludes halogenated alkanes) is 3. The highest BCUT2D eigenvalue weighted by molar-refractivity contribution is 5.81. The average molecular weight is 272 g/mol. The molecule has 1 aromatic carbocycles. The lowest BCUT2D eigenvalue weighted by Crippen LogP contribution is -2.02. The molecule has 2 aromatic rings. The molecular weight excluding hydrogens is 248 g/mol. The van der Waals surface area contributed by atoms with E-state index in [4.69, 9.17) is 4.74 Å². The molecule has 20 heavy (non-hydrogen) atoms. The second-order valence-electron chi connectivity index (χ2n) is 5.05. The number of ether oxygens (including phenoxy) is 1. The van der Waals surface area contributed by atoms with E-state index in [2.05, 4.69) is 29.4 Å². The summed E-state index contributed by atoms with van der Waals surface area (Å²) in [6.45, 7) is 3.68. The Kier molecular flexibility index (Phi) is 5.81. The summed E-state index contributed by atoms with van der Waals surface area (Å²) in [5.41, 5.74) is 2.14. The van der Waals surface area contributed by atoms with Crippen LogP contribution in [-0.4, -0.2) is 18.6 Å². The topological polar surface area (TPSA) is 34.1 Å². The van der Waals surface area contributed by atoms with Crippen LogP contribution >= 0.6 is 0 Å². The predicted octanol–water partition coefficient (Wildman–Crippen LogP) is 4.37. The number of aromatic nitrogens is 1. The fourth-order valence-electron chi connectivity index (χ4n) is 2.30. The summed E-state index contributed by atoms with van der Waals surface area (Å²) in [6.07, 6.45) is 4.95. The number of anilines is 1. The molecule has 0 atom stereocenters. The minimum atomic E-state index is 0.625. The van der Waals surface area contributed by atoms with Gasteiger partial charge in [-0.1, -0.05) is 44.4 Å². The number of benzene rings is 1. The highest BCUT2D eigenvalue weighted by Gasteiger charge is 2.05. The smallest absolute Gasteiger partial charge is 0.131 e. The van der Waals surface area contributed by atoms with Crippen LogP contribution < -0.4 is 5.32 Å². The highest BCUT2D eigenvalue weighted by Crippen LogP contribution is 2.20. The number of fused-ring (bicyclic) bond motifs is 1. The maximum absolute atomic E-state index is 5.78. The number of pyridine rings is 1. The van der Waals surface area contributed by atoms with E-state index in [9.17, 15) is 0 Å². The van der Waals surface area contributed by atoms with Crippen molar-refractivity contribution in [2.75, 3.05) is 19.0 Å². The van der Waals surface area contributed by atoms with Crippen molar-refractivity contribution in [3.8, 4) is 0 Å². The third-order valence-corrected chi connectivity index (χ3v) is 3.44. The van der Waals surface area contributed by atoms with Gasteiger partial charge in [0.15, 0.2) is 0 Å². The van der Waals surface area contributed by atoms with Crippen molar-refractivity contribution in [2.45, 2.75) is 39.2 Å². The lowest BCUT2D eigenvalue weighted by molar-refractivity contribution is 0.117. The summed E-state index contributed by atoms with van der Waals surface area (Å²) >= 11 is 0. The first-order valence-corrected chi connectivity index (χ1v) is 7.49. The maximum Gasteiger partial charge on any atom is 0.131 e. The van der Waals surface area contributed by atoms with Crippen molar-refractivity contribution >= 4 is 16.7 Å². The van der Waals surface area contributed by atoms with Gasteiger partial charge in [-0.05, 0) is 18.6 Å². The van der Waals surface area contributed by atoms with Crippen molar-refractivity contribution in [2.24, 2.45) is 0 Å². The zero-order valence-electron chi connectivity index (χ0n) is 12.5. The normalized spacial score (nSPS) is 10.9. The van der Waals surface area contributed by atoms with E-state index in [1.807, 2.05) is 25.2 Å². The molecule has 0 aliphatic carbocycles. The first-order chi connectivity index (χ1) is 9.85. The van der Waals surface area contributed by atoms with E-state index in [-0.39, 0.29) is 0 Å². The lowest BCUT2D eigenvalue weighted by atomic mass is 10.1. The predicted molar refractivity (Wildman–Crippen MR) is 85.1 cm³/mol. The number of rotatable bonds is 8. The van der Waals surface area contributed by atoms with Gasteiger partial charge in [0.2, 0.25) is 0 Å². The Morgan fingerprint density at radius 2 is 2.00 bits per heavy atom. The number of hydrogen-bond donors (Lipinski definition) is 1. The van der Waals surface area contributed by atoms with Gasteiger partial charge in [0.25, 0.3) is 0 Å². The minimum Gasteiger partial charge on any atom is -0.377 e. The van der Waals surface area contributed by atoms with Gasteiger partial charge < -0.3 is 10.1 Å². The Balaban J connectivity index is 1.97. The summed E-state index contributed by atoms with van der Waals surface area (Å²) in [6, 6.07) is 10.3. The van der Waals surface area contributed by atoms with Gasteiger partial charge in [0, 0.05) is 24.6 Å². The molecule has 2 rings (SSSR count). The van der Waals surface area contributed by atoms with E-state index in [1.165, 1.54) is 19.3 Å². The van der Waals surface area contributed by atoms with Crippen LogP contribution in [0.2, 0.25) is 0 Å². The molecule has 0 radical (unpaired) electrons. The van der Waals surface area contributed by atoms with Crippen LogP contribution in [-0.2, 0) is 11.3 Å². The van der Waals surface area contributed by atoms with Crippen LogP contribution in [0.5, 0.6) is 0 Å². The molecule has 0 unspecified atom stereocenters. The van der Waals surface area contributed by atoms with Crippen LogP contribution in [0.4, 0.5) is 5.82 Å². The Morgan fingerprint density at radius 3 is 2.80 bits per heavy atom. The fourth-order valence-corrected chi connectivity index (χ4v) is 2.30. The van der Waals surface area contributed by atoms with Gasteiger partial charge in [0.1, 0.15) is 5.82 Å². The molecular formula is C17H24N2O. The third kappa shape index (κ3) is 3.94. The fraction of sp³-hybridized carbons (Fsp3) is 0.471. The Morgan fingerprint density at radius 1 is 1.15 bits per heavy atom. The van der Waals surface area contributed by atoms with Crippen molar-refractivity contribution in [1.29, 1.82) is 0 Å². The second-order valence-corrected chi connectivity index (χ2v) is 5.05. The summed E-state index contributed by atoms with van der Waals surface area (Å²) in [5.74, 6) is 0.914. The standard InChI is InChI=1S/C17H24N2O/c1-3-4-5-8-11-20-13-15-12-14-9-6-7-10-16(14)19-17(15)18-2/h6-7,9-10,12H,3-5,8,11,13H2,1-2H3,(H,18,19). The molecule has 1 N–H and O–H groups in total. The Labute approximate surface area is 121 Å². The largest absolute Gasteiger partial charge is 0.377 e. The van der Waals surface area contributed by atoms with E-state index in [0.717, 1.165) is 35.3 Å². The van der Waals surface area contributed by atoms with Gasteiger partial charge in [0.05, 0.1) is 12.1 Å². The zero-order valence-corrected chi connectivity index (χ0v) is 12.5. The highest BCUT2D eigenvalue weighted by atomic mass is 16.5.